The summed E-state index contributed by atoms with van der Waals surface area (Å²) in [6.07, 6.45) is 9.69. The predicted molar refractivity (Wildman–Crippen MR) is 151 cm³/mol. The molecule has 0 aliphatic heterocycles. The molecule has 0 unspecified atom stereocenters. The van der Waals surface area contributed by atoms with Gasteiger partial charge in [0.25, 0.3) is 0 Å². The molecule has 1 fully saturated rings. The highest BCUT2D eigenvalue weighted by Gasteiger charge is 2.16. The summed E-state index contributed by atoms with van der Waals surface area (Å²) in [5.41, 5.74) is 3.76. The first-order chi connectivity index (χ1) is 18.9. The number of halogens is 2. The van der Waals surface area contributed by atoms with Crippen LogP contribution in [0.3, 0.4) is 0 Å². The van der Waals surface area contributed by atoms with Gasteiger partial charge in [-0.15, -0.1) is 0 Å². The van der Waals surface area contributed by atoms with Gasteiger partial charge in [-0.1, -0.05) is 36.0 Å². The van der Waals surface area contributed by atoms with Crippen molar-refractivity contribution in [1.82, 2.24) is 24.9 Å². The molecular formula is C29H28ClFN6O2. The molecule has 0 amide bonds. The number of nitroso groups, excluding NO2 is 1. The van der Waals surface area contributed by atoms with E-state index in [2.05, 4.69) is 30.1 Å². The van der Waals surface area contributed by atoms with Crippen LogP contribution in [-0.4, -0.2) is 31.5 Å². The Kier molecular flexibility index (Phi) is 8.07. The van der Waals surface area contributed by atoms with Crippen molar-refractivity contribution in [2.24, 2.45) is 11.1 Å². The van der Waals surface area contributed by atoms with Crippen LogP contribution in [0.1, 0.15) is 43.6 Å². The van der Waals surface area contributed by atoms with E-state index in [1.807, 2.05) is 13.8 Å². The molecule has 200 valence electrons. The highest BCUT2D eigenvalue weighted by Crippen LogP contribution is 2.36. The average molecular weight is 547 g/mol. The average Bonchev–Trinajstić information content (AvgIpc) is 3.31. The van der Waals surface area contributed by atoms with Crippen molar-refractivity contribution >= 4 is 33.5 Å². The third-order valence-corrected chi connectivity index (χ3v) is 7.11. The van der Waals surface area contributed by atoms with Crippen LogP contribution >= 0.6 is 11.6 Å². The highest BCUT2D eigenvalue weighted by molar-refractivity contribution is 6.33. The summed E-state index contributed by atoms with van der Waals surface area (Å²) in [6, 6.07) is 10.1. The molecule has 3 aromatic heterocycles. The molecule has 0 atom stereocenters. The number of hydrogen-bond donors (Lipinski definition) is 1. The van der Waals surface area contributed by atoms with E-state index < -0.39 is 5.82 Å². The van der Waals surface area contributed by atoms with E-state index >= 15 is 0 Å². The number of rotatable bonds is 5. The quantitative estimate of drug-likeness (QED) is 0.223. The molecule has 8 nitrogen and oxygen atoms in total. The Morgan fingerprint density at radius 3 is 2.62 bits per heavy atom. The van der Waals surface area contributed by atoms with Crippen LogP contribution in [0.15, 0.2) is 54.0 Å². The van der Waals surface area contributed by atoms with Crippen LogP contribution in [0.4, 0.5) is 4.39 Å². The van der Waals surface area contributed by atoms with Crippen LogP contribution in [0.5, 0.6) is 11.8 Å². The van der Waals surface area contributed by atoms with Gasteiger partial charge in [0.05, 0.1) is 34.3 Å². The molecule has 10 heteroatoms. The SMILES string of the molecule is Cc1ccnc(Oc2ccc(-c3cc4c(cc3F)ncc3[nH]c(C)nc34)c(Cl)c2)n1.O=NCC1CCCCC1. The summed E-state index contributed by atoms with van der Waals surface area (Å²) in [5.74, 6) is 1.43. The fourth-order valence-electron chi connectivity index (χ4n) is 4.84. The summed E-state index contributed by atoms with van der Waals surface area (Å²) in [6.45, 7) is 4.27. The van der Waals surface area contributed by atoms with Gasteiger partial charge in [0, 0.05) is 40.5 Å². The van der Waals surface area contributed by atoms with E-state index in [-0.39, 0.29) is 6.01 Å². The van der Waals surface area contributed by atoms with Crippen molar-refractivity contribution in [2.45, 2.75) is 46.0 Å². The second-order valence-corrected chi connectivity index (χ2v) is 10.1. The first-order valence-corrected chi connectivity index (χ1v) is 13.3. The molecule has 5 aromatic rings. The highest BCUT2D eigenvalue weighted by atomic mass is 35.5. The van der Waals surface area contributed by atoms with E-state index in [4.69, 9.17) is 16.3 Å². The number of aromatic amines is 1. The Labute approximate surface area is 230 Å². The van der Waals surface area contributed by atoms with Crippen molar-refractivity contribution < 1.29 is 9.13 Å². The number of nitrogens with zero attached hydrogens (tertiary/aromatic N) is 5. The zero-order valence-corrected chi connectivity index (χ0v) is 22.5. The number of ether oxygens (including phenoxy) is 1. The number of aryl methyl sites for hydroxylation is 2. The third-order valence-electron chi connectivity index (χ3n) is 6.79. The molecule has 6 rings (SSSR count). The summed E-state index contributed by atoms with van der Waals surface area (Å²) in [7, 11) is 0. The molecule has 1 N–H and O–H groups in total. The Bertz CT molecular complexity index is 1630. The molecule has 39 heavy (non-hydrogen) atoms. The molecule has 1 aliphatic carbocycles. The molecule has 2 aromatic carbocycles. The monoisotopic (exact) mass is 546 g/mol. The second kappa shape index (κ2) is 11.8. The van der Waals surface area contributed by atoms with Crippen molar-refractivity contribution in [1.29, 1.82) is 0 Å². The largest absolute Gasteiger partial charge is 0.424 e. The van der Waals surface area contributed by atoms with Gasteiger partial charge in [0.15, 0.2) is 0 Å². The Morgan fingerprint density at radius 2 is 1.87 bits per heavy atom. The number of H-pyrrole nitrogens is 1. The predicted octanol–water partition coefficient (Wildman–Crippen LogP) is 8.10. The fraction of sp³-hybridized carbons (Fsp3) is 0.310. The number of hydrogen-bond acceptors (Lipinski definition) is 7. The van der Waals surface area contributed by atoms with Crippen LogP contribution in [-0.2, 0) is 0 Å². The number of fused-ring (bicyclic) bond motifs is 3. The minimum Gasteiger partial charge on any atom is -0.424 e. The first kappa shape index (κ1) is 26.6. The summed E-state index contributed by atoms with van der Waals surface area (Å²) in [4.78, 5) is 30.1. The van der Waals surface area contributed by atoms with Gasteiger partial charge in [-0.3, -0.25) is 4.98 Å². The molecule has 0 spiro atoms. The molecule has 0 bridgehead atoms. The van der Waals surface area contributed by atoms with Gasteiger partial charge < -0.3 is 9.72 Å². The first-order valence-electron chi connectivity index (χ1n) is 12.9. The van der Waals surface area contributed by atoms with Crippen molar-refractivity contribution in [3.8, 4) is 22.9 Å². The lowest BCUT2D eigenvalue weighted by Crippen LogP contribution is -2.08. The minimum absolute atomic E-state index is 0.220. The lowest BCUT2D eigenvalue weighted by molar-refractivity contribution is 0.366. The van der Waals surface area contributed by atoms with Gasteiger partial charge in [-0.05, 0) is 56.9 Å². The van der Waals surface area contributed by atoms with Crippen LogP contribution in [0, 0.1) is 30.5 Å². The van der Waals surface area contributed by atoms with Gasteiger partial charge in [0.1, 0.15) is 17.4 Å². The molecular weight excluding hydrogens is 519 g/mol. The maximum absolute atomic E-state index is 14.9. The zero-order valence-electron chi connectivity index (χ0n) is 21.7. The van der Waals surface area contributed by atoms with Gasteiger partial charge in [-0.25, -0.2) is 19.3 Å². The number of benzene rings is 2. The number of pyridine rings is 1. The molecule has 1 aliphatic rings. The lowest BCUT2D eigenvalue weighted by atomic mass is 9.90. The Balaban J connectivity index is 0.000000292. The maximum atomic E-state index is 14.9. The van der Waals surface area contributed by atoms with Crippen molar-refractivity contribution in [3.05, 3.63) is 76.1 Å². The van der Waals surface area contributed by atoms with Crippen molar-refractivity contribution in [2.75, 3.05) is 6.54 Å². The molecule has 3 heterocycles. The Hall–Kier alpha value is -3.98. The van der Waals surface area contributed by atoms with Gasteiger partial charge in [-0.2, -0.15) is 4.91 Å². The second-order valence-electron chi connectivity index (χ2n) is 9.73. The fourth-order valence-corrected chi connectivity index (χ4v) is 5.11. The smallest absolute Gasteiger partial charge is 0.322 e. The number of imidazole rings is 1. The summed E-state index contributed by atoms with van der Waals surface area (Å²) < 4.78 is 20.6. The number of nitrogens with one attached hydrogen (secondary N) is 1. The molecule has 0 radical (unpaired) electrons. The van der Waals surface area contributed by atoms with Gasteiger partial charge >= 0.3 is 6.01 Å². The van der Waals surface area contributed by atoms with Crippen LogP contribution in [0.2, 0.25) is 5.02 Å². The van der Waals surface area contributed by atoms with Crippen LogP contribution in [0.25, 0.3) is 33.1 Å². The molecule has 1 saturated carbocycles. The zero-order chi connectivity index (χ0) is 27.4. The van der Waals surface area contributed by atoms with Crippen LogP contribution < -0.4 is 4.74 Å². The maximum Gasteiger partial charge on any atom is 0.322 e. The van der Waals surface area contributed by atoms with E-state index in [0.717, 1.165) is 27.9 Å². The number of aromatic nitrogens is 5. The summed E-state index contributed by atoms with van der Waals surface area (Å²) >= 11 is 6.48. The minimum atomic E-state index is -0.417. The van der Waals surface area contributed by atoms with E-state index in [9.17, 15) is 9.30 Å². The lowest BCUT2D eigenvalue weighted by Gasteiger charge is -2.17. The third kappa shape index (κ3) is 6.20. The van der Waals surface area contributed by atoms with Crippen molar-refractivity contribution in [3.63, 3.8) is 0 Å². The van der Waals surface area contributed by atoms with E-state index in [0.29, 0.717) is 39.9 Å². The van der Waals surface area contributed by atoms with E-state index in [1.54, 1.807) is 42.7 Å². The summed E-state index contributed by atoms with van der Waals surface area (Å²) in [5, 5.41) is 4.00. The topological polar surface area (TPSA) is 106 Å². The van der Waals surface area contributed by atoms with E-state index in [1.165, 1.54) is 38.2 Å². The normalized spacial score (nSPS) is 13.7. The Morgan fingerprint density at radius 1 is 1.05 bits per heavy atom. The molecule has 0 saturated heterocycles. The van der Waals surface area contributed by atoms with Gasteiger partial charge in [0.2, 0.25) is 0 Å². The standard InChI is InChI=1S/C22H15ClFN5O.C7H13NO/c1-11-5-6-25-22(27-11)30-13-3-4-14(17(23)7-13)15-8-16-19(9-18(15)24)26-10-20-21(16)29-12(2)28-20;9-8-6-7-4-2-1-3-5-7/h3-10H,1-2H3,(H,28,29);7H,1-6H2.